The summed E-state index contributed by atoms with van der Waals surface area (Å²) in [6.07, 6.45) is 1.37. The fourth-order valence-electron chi connectivity index (χ4n) is 3.46. The Hall–Kier alpha value is -3.15. The van der Waals surface area contributed by atoms with Crippen molar-refractivity contribution in [2.75, 3.05) is 30.4 Å². The van der Waals surface area contributed by atoms with Gasteiger partial charge >= 0.3 is 0 Å². The van der Waals surface area contributed by atoms with Crippen LogP contribution in [-0.4, -0.2) is 36.7 Å². The summed E-state index contributed by atoms with van der Waals surface area (Å²) in [5.74, 6) is 1.08. The number of nitrogens with zero attached hydrogens (tertiary/aromatic N) is 4. The van der Waals surface area contributed by atoms with Gasteiger partial charge in [-0.3, -0.25) is 4.79 Å². The van der Waals surface area contributed by atoms with Gasteiger partial charge in [-0.2, -0.15) is 4.98 Å². The van der Waals surface area contributed by atoms with Crippen LogP contribution in [0, 0.1) is 0 Å². The van der Waals surface area contributed by atoms with E-state index in [0.717, 1.165) is 23.4 Å². The second-order valence-electron chi connectivity index (χ2n) is 7.32. The largest absolute Gasteiger partial charge is 0.378 e. The Balaban J connectivity index is 1.50. The van der Waals surface area contributed by atoms with Gasteiger partial charge in [-0.1, -0.05) is 24.2 Å². The Morgan fingerprint density at radius 1 is 1.11 bits per heavy atom. The molecule has 1 aliphatic heterocycles. The van der Waals surface area contributed by atoms with Crippen LogP contribution in [0.5, 0.6) is 0 Å². The van der Waals surface area contributed by atoms with Crippen molar-refractivity contribution in [3.8, 4) is 11.4 Å². The number of amides is 1. The van der Waals surface area contributed by atoms with Crippen molar-refractivity contribution < 1.29 is 9.32 Å². The van der Waals surface area contributed by atoms with Crippen LogP contribution in [0.2, 0.25) is 0 Å². The van der Waals surface area contributed by atoms with Crippen LogP contribution in [0.25, 0.3) is 11.4 Å². The lowest BCUT2D eigenvalue weighted by Crippen LogP contribution is -2.24. The van der Waals surface area contributed by atoms with Crippen molar-refractivity contribution >= 4 is 17.3 Å². The fourth-order valence-corrected chi connectivity index (χ4v) is 3.46. The van der Waals surface area contributed by atoms with E-state index in [2.05, 4.69) is 29.2 Å². The summed E-state index contributed by atoms with van der Waals surface area (Å²) in [6, 6.07) is 16.1. The second-order valence-corrected chi connectivity index (χ2v) is 7.32. The van der Waals surface area contributed by atoms with Crippen molar-refractivity contribution in [1.29, 1.82) is 0 Å². The van der Waals surface area contributed by atoms with E-state index in [-0.39, 0.29) is 11.8 Å². The van der Waals surface area contributed by atoms with Gasteiger partial charge in [0.05, 0.1) is 5.92 Å². The van der Waals surface area contributed by atoms with Gasteiger partial charge in [0, 0.05) is 44.0 Å². The monoisotopic (exact) mass is 376 g/mol. The average molecular weight is 376 g/mol. The van der Waals surface area contributed by atoms with Crippen LogP contribution in [0.4, 0.5) is 11.4 Å². The topological polar surface area (TPSA) is 62.5 Å². The van der Waals surface area contributed by atoms with Crippen LogP contribution in [-0.2, 0) is 11.2 Å². The van der Waals surface area contributed by atoms with Crippen LogP contribution in [0.3, 0.4) is 0 Å². The molecule has 6 nitrogen and oxygen atoms in total. The molecule has 1 amide bonds. The molecule has 2 heterocycles. The molecular formula is C22H24N4O2. The molecule has 0 saturated carbocycles. The lowest BCUT2D eigenvalue weighted by Gasteiger charge is -2.16. The maximum absolute atomic E-state index is 12.5. The zero-order chi connectivity index (χ0) is 19.7. The minimum atomic E-state index is -0.0827. The first-order valence-electron chi connectivity index (χ1n) is 9.56. The van der Waals surface area contributed by atoms with Crippen molar-refractivity contribution in [3.63, 3.8) is 0 Å². The molecule has 0 bridgehead atoms. The normalized spacial score (nSPS) is 16.6. The van der Waals surface area contributed by atoms with Gasteiger partial charge in [0.25, 0.3) is 0 Å². The van der Waals surface area contributed by atoms with Crippen LogP contribution < -0.4 is 9.80 Å². The first-order chi connectivity index (χ1) is 13.5. The van der Waals surface area contributed by atoms with Crippen molar-refractivity contribution in [2.45, 2.75) is 25.7 Å². The summed E-state index contributed by atoms with van der Waals surface area (Å²) in [6.45, 7) is 2.68. The van der Waals surface area contributed by atoms with Gasteiger partial charge < -0.3 is 14.3 Å². The van der Waals surface area contributed by atoms with Crippen molar-refractivity contribution in [3.05, 3.63) is 60.0 Å². The first kappa shape index (κ1) is 18.2. The molecule has 2 aromatic carbocycles. The summed E-state index contributed by atoms with van der Waals surface area (Å²) in [7, 11) is 4.00. The van der Waals surface area contributed by atoms with E-state index in [9.17, 15) is 4.79 Å². The summed E-state index contributed by atoms with van der Waals surface area (Å²) in [5.41, 5.74) is 4.19. The molecule has 0 radical (unpaired) electrons. The molecule has 0 spiro atoms. The maximum Gasteiger partial charge on any atom is 0.232 e. The molecule has 3 aromatic rings. The summed E-state index contributed by atoms with van der Waals surface area (Å²) >= 11 is 0. The van der Waals surface area contributed by atoms with Gasteiger partial charge in [-0.25, -0.2) is 0 Å². The minimum absolute atomic E-state index is 0.0827. The third-order valence-electron chi connectivity index (χ3n) is 5.21. The van der Waals surface area contributed by atoms with E-state index in [0.29, 0.717) is 24.7 Å². The highest BCUT2D eigenvalue weighted by Crippen LogP contribution is 2.32. The number of anilines is 2. The first-order valence-corrected chi connectivity index (χ1v) is 9.56. The molecule has 144 valence electrons. The van der Waals surface area contributed by atoms with E-state index in [1.165, 1.54) is 5.56 Å². The summed E-state index contributed by atoms with van der Waals surface area (Å²) in [4.78, 5) is 20.9. The Bertz CT molecular complexity index is 961. The van der Waals surface area contributed by atoms with Crippen molar-refractivity contribution in [1.82, 2.24) is 10.1 Å². The molecule has 28 heavy (non-hydrogen) atoms. The van der Waals surface area contributed by atoms with Gasteiger partial charge in [-0.05, 0) is 48.4 Å². The Kier molecular flexibility index (Phi) is 4.86. The minimum Gasteiger partial charge on any atom is -0.378 e. The van der Waals surface area contributed by atoms with Gasteiger partial charge in [-0.15, -0.1) is 0 Å². The zero-order valence-electron chi connectivity index (χ0n) is 16.4. The highest BCUT2D eigenvalue weighted by Gasteiger charge is 2.35. The zero-order valence-corrected chi connectivity index (χ0v) is 16.4. The molecule has 6 heteroatoms. The van der Waals surface area contributed by atoms with Gasteiger partial charge in [0.2, 0.25) is 17.6 Å². The molecular weight excluding hydrogens is 352 g/mol. The number of aryl methyl sites for hydroxylation is 1. The molecule has 1 saturated heterocycles. The number of aromatic nitrogens is 2. The third-order valence-corrected chi connectivity index (χ3v) is 5.21. The van der Waals surface area contributed by atoms with Crippen LogP contribution >= 0.6 is 0 Å². The van der Waals surface area contributed by atoms with Gasteiger partial charge in [0.15, 0.2) is 0 Å². The Morgan fingerprint density at radius 3 is 2.46 bits per heavy atom. The maximum atomic E-state index is 12.5. The number of rotatable bonds is 5. The Morgan fingerprint density at radius 2 is 1.82 bits per heavy atom. The fraction of sp³-hybridized carbons (Fsp3) is 0.318. The molecule has 4 rings (SSSR count). The molecule has 1 aliphatic rings. The SMILES string of the molecule is CCc1ccc(N2C[C@@H](c3nc(-c4ccc(N(C)C)cc4)no3)CC2=O)cc1. The van der Waals surface area contributed by atoms with Crippen molar-refractivity contribution in [2.24, 2.45) is 0 Å². The average Bonchev–Trinajstić information content (AvgIpc) is 3.35. The van der Waals surface area contributed by atoms with Crippen LogP contribution in [0.1, 0.15) is 30.7 Å². The molecule has 0 aliphatic carbocycles. The van der Waals surface area contributed by atoms with E-state index in [4.69, 9.17) is 4.52 Å². The highest BCUT2D eigenvalue weighted by atomic mass is 16.5. The number of hydrogen-bond donors (Lipinski definition) is 0. The smallest absolute Gasteiger partial charge is 0.232 e. The third kappa shape index (κ3) is 3.50. The van der Waals surface area contributed by atoms with Gasteiger partial charge in [0.1, 0.15) is 0 Å². The number of hydrogen-bond acceptors (Lipinski definition) is 5. The standard InChI is InChI=1S/C22H24N4O2/c1-4-15-5-9-19(10-6-15)26-14-17(13-20(26)27)22-23-21(24-28-22)16-7-11-18(12-8-16)25(2)3/h5-12,17H,4,13-14H2,1-3H3/t17-/m0/s1. The molecule has 1 fully saturated rings. The predicted molar refractivity (Wildman–Crippen MR) is 110 cm³/mol. The number of carbonyl (C=O) groups excluding carboxylic acids is 1. The predicted octanol–water partition coefficient (Wildman–Crippen LogP) is 3.89. The van der Waals surface area contributed by atoms with E-state index >= 15 is 0 Å². The number of benzene rings is 2. The Labute approximate surface area is 164 Å². The quantitative estimate of drug-likeness (QED) is 0.676. The van der Waals surface area contributed by atoms with E-state index < -0.39 is 0 Å². The molecule has 1 aromatic heterocycles. The molecule has 0 N–H and O–H groups in total. The molecule has 0 unspecified atom stereocenters. The lowest BCUT2D eigenvalue weighted by molar-refractivity contribution is -0.117. The second kappa shape index (κ2) is 7.46. The highest BCUT2D eigenvalue weighted by molar-refractivity contribution is 5.96. The summed E-state index contributed by atoms with van der Waals surface area (Å²) in [5, 5.41) is 4.12. The number of carbonyl (C=O) groups is 1. The summed E-state index contributed by atoms with van der Waals surface area (Å²) < 4.78 is 5.50. The lowest BCUT2D eigenvalue weighted by atomic mass is 10.1. The molecule has 1 atom stereocenters. The van der Waals surface area contributed by atoms with E-state index in [1.807, 2.05) is 55.4 Å². The van der Waals surface area contributed by atoms with E-state index in [1.54, 1.807) is 4.90 Å². The van der Waals surface area contributed by atoms with Crippen LogP contribution in [0.15, 0.2) is 53.1 Å².